The minimum atomic E-state index is -0.189. The van der Waals surface area contributed by atoms with Gasteiger partial charge in [0.1, 0.15) is 5.01 Å². The summed E-state index contributed by atoms with van der Waals surface area (Å²) in [7, 11) is 0. The van der Waals surface area contributed by atoms with E-state index in [1.54, 1.807) is 0 Å². The van der Waals surface area contributed by atoms with E-state index in [2.05, 4.69) is 22.4 Å². The smallest absolute Gasteiger partial charge is 0.258 e. The van der Waals surface area contributed by atoms with E-state index in [0.29, 0.717) is 16.6 Å². The number of carbonyl (C=O) groups is 1. The molecule has 0 atom stereocenters. The first-order chi connectivity index (χ1) is 13.7. The molecule has 6 heteroatoms. The Morgan fingerprint density at radius 2 is 1.86 bits per heavy atom. The zero-order valence-electron chi connectivity index (χ0n) is 15.3. The summed E-state index contributed by atoms with van der Waals surface area (Å²) >= 11 is 1.46. The lowest BCUT2D eigenvalue weighted by molar-refractivity contribution is 0.102. The fraction of sp³-hybridized carbons (Fsp3) is 0.182. The maximum absolute atomic E-state index is 13.1. The van der Waals surface area contributed by atoms with Crippen molar-refractivity contribution in [1.82, 2.24) is 15.2 Å². The molecule has 0 spiro atoms. The molecule has 0 saturated heterocycles. The summed E-state index contributed by atoms with van der Waals surface area (Å²) in [6.07, 6.45) is 2.33. The van der Waals surface area contributed by atoms with Crippen molar-refractivity contribution >= 4 is 33.3 Å². The van der Waals surface area contributed by atoms with Crippen LogP contribution in [0.15, 0.2) is 54.6 Å². The molecule has 1 aliphatic carbocycles. The fourth-order valence-corrected chi connectivity index (χ4v) is 4.09. The Hall–Kier alpha value is -3.12. The number of aromatic nitrogens is 3. The van der Waals surface area contributed by atoms with E-state index in [9.17, 15) is 4.79 Å². The van der Waals surface area contributed by atoms with E-state index in [1.807, 2.05) is 54.6 Å². The van der Waals surface area contributed by atoms with Crippen LogP contribution >= 0.6 is 11.3 Å². The molecular weight excluding hydrogens is 368 g/mol. The molecule has 0 radical (unpaired) electrons. The first-order valence-electron chi connectivity index (χ1n) is 9.29. The number of anilines is 1. The SMILES string of the molecule is Cc1ccc(-c2cc(C(=O)Nc3nnc(C4CC4)s3)c3ccccc3n2)cc1. The predicted octanol–water partition coefficient (Wildman–Crippen LogP) is 5.19. The average molecular weight is 386 g/mol. The number of rotatable bonds is 4. The highest BCUT2D eigenvalue weighted by Gasteiger charge is 2.28. The molecule has 4 aromatic rings. The number of nitrogens with one attached hydrogen (secondary N) is 1. The van der Waals surface area contributed by atoms with Crippen molar-refractivity contribution in [2.45, 2.75) is 25.7 Å². The van der Waals surface area contributed by atoms with E-state index in [0.717, 1.165) is 40.0 Å². The summed E-state index contributed by atoms with van der Waals surface area (Å²) in [5, 5.41) is 13.6. The van der Waals surface area contributed by atoms with E-state index in [1.165, 1.54) is 16.9 Å². The quantitative estimate of drug-likeness (QED) is 0.524. The van der Waals surface area contributed by atoms with Gasteiger partial charge in [-0.3, -0.25) is 10.1 Å². The third-order valence-corrected chi connectivity index (χ3v) is 5.90. The van der Waals surface area contributed by atoms with Gasteiger partial charge in [0.25, 0.3) is 5.91 Å². The number of amides is 1. The number of hydrogen-bond acceptors (Lipinski definition) is 5. The van der Waals surface area contributed by atoms with Gasteiger partial charge in [0.2, 0.25) is 5.13 Å². The lowest BCUT2D eigenvalue weighted by Gasteiger charge is -2.09. The second-order valence-electron chi connectivity index (χ2n) is 7.11. The first kappa shape index (κ1) is 17.0. The van der Waals surface area contributed by atoms with Crippen molar-refractivity contribution in [2.75, 3.05) is 5.32 Å². The number of para-hydroxylation sites is 1. The molecule has 5 rings (SSSR count). The Labute approximate surface area is 166 Å². The molecule has 0 unspecified atom stereocenters. The summed E-state index contributed by atoms with van der Waals surface area (Å²) in [4.78, 5) is 17.8. The Morgan fingerprint density at radius 1 is 1.07 bits per heavy atom. The topological polar surface area (TPSA) is 67.8 Å². The van der Waals surface area contributed by atoms with Crippen molar-refractivity contribution in [3.63, 3.8) is 0 Å². The van der Waals surface area contributed by atoms with Gasteiger partial charge in [0, 0.05) is 16.9 Å². The minimum absolute atomic E-state index is 0.189. The molecular formula is C22H18N4OS. The Morgan fingerprint density at radius 3 is 2.64 bits per heavy atom. The van der Waals surface area contributed by atoms with Crippen LogP contribution < -0.4 is 5.32 Å². The van der Waals surface area contributed by atoms with Crippen LogP contribution in [0.3, 0.4) is 0 Å². The van der Waals surface area contributed by atoms with Crippen LogP contribution in [0, 0.1) is 6.92 Å². The minimum Gasteiger partial charge on any atom is -0.296 e. The van der Waals surface area contributed by atoms with Crippen LogP contribution in [0.5, 0.6) is 0 Å². The average Bonchev–Trinajstić information content (AvgIpc) is 3.47. The lowest BCUT2D eigenvalue weighted by atomic mass is 10.0. The molecule has 1 fully saturated rings. The summed E-state index contributed by atoms with van der Waals surface area (Å²) in [5.74, 6) is 0.337. The number of nitrogens with zero attached hydrogens (tertiary/aromatic N) is 3. The first-order valence-corrected chi connectivity index (χ1v) is 10.1. The third kappa shape index (κ3) is 3.27. The van der Waals surface area contributed by atoms with Crippen molar-refractivity contribution in [3.05, 3.63) is 70.7 Å². The summed E-state index contributed by atoms with van der Waals surface area (Å²) < 4.78 is 0. The number of fused-ring (bicyclic) bond motifs is 1. The van der Waals surface area contributed by atoms with Crippen LogP contribution in [0.25, 0.3) is 22.2 Å². The normalized spacial score (nSPS) is 13.6. The van der Waals surface area contributed by atoms with E-state index >= 15 is 0 Å². The van der Waals surface area contributed by atoms with Crippen molar-refractivity contribution in [1.29, 1.82) is 0 Å². The van der Waals surface area contributed by atoms with Crippen LogP contribution in [-0.4, -0.2) is 21.1 Å². The monoisotopic (exact) mass is 386 g/mol. The number of aryl methyl sites for hydroxylation is 1. The molecule has 1 aliphatic rings. The maximum atomic E-state index is 13.1. The van der Waals surface area contributed by atoms with Gasteiger partial charge < -0.3 is 0 Å². The van der Waals surface area contributed by atoms with Gasteiger partial charge >= 0.3 is 0 Å². The maximum Gasteiger partial charge on any atom is 0.258 e. The highest BCUT2D eigenvalue weighted by molar-refractivity contribution is 7.15. The second-order valence-corrected chi connectivity index (χ2v) is 8.12. The summed E-state index contributed by atoms with van der Waals surface area (Å²) in [5.41, 5.74) is 4.33. The summed E-state index contributed by atoms with van der Waals surface area (Å²) in [6, 6.07) is 17.7. The molecule has 2 aromatic carbocycles. The summed E-state index contributed by atoms with van der Waals surface area (Å²) in [6.45, 7) is 2.05. The van der Waals surface area contributed by atoms with Crippen molar-refractivity contribution in [2.24, 2.45) is 0 Å². The molecule has 28 heavy (non-hydrogen) atoms. The van der Waals surface area contributed by atoms with E-state index in [4.69, 9.17) is 4.98 Å². The molecule has 2 aromatic heterocycles. The van der Waals surface area contributed by atoms with Gasteiger partial charge in [-0.15, -0.1) is 10.2 Å². The van der Waals surface area contributed by atoms with Gasteiger partial charge in [-0.25, -0.2) is 4.98 Å². The van der Waals surface area contributed by atoms with Crippen LogP contribution in [0.4, 0.5) is 5.13 Å². The molecule has 0 bridgehead atoms. The largest absolute Gasteiger partial charge is 0.296 e. The van der Waals surface area contributed by atoms with Gasteiger partial charge in [-0.05, 0) is 31.9 Å². The zero-order valence-corrected chi connectivity index (χ0v) is 16.2. The molecule has 138 valence electrons. The third-order valence-electron chi connectivity index (χ3n) is 4.90. The highest BCUT2D eigenvalue weighted by atomic mass is 32.1. The Bertz CT molecular complexity index is 1180. The number of hydrogen-bond donors (Lipinski definition) is 1. The number of benzene rings is 2. The van der Waals surface area contributed by atoms with Crippen LogP contribution in [-0.2, 0) is 0 Å². The zero-order chi connectivity index (χ0) is 19.1. The van der Waals surface area contributed by atoms with Crippen LogP contribution in [0.2, 0.25) is 0 Å². The molecule has 1 amide bonds. The standard InChI is InChI=1S/C22H18N4OS/c1-13-6-8-14(9-7-13)19-12-17(16-4-2-3-5-18(16)23-19)20(27)24-22-26-25-21(28-22)15-10-11-15/h2-9,12,15H,10-11H2,1H3,(H,24,26,27). The highest BCUT2D eigenvalue weighted by Crippen LogP contribution is 2.42. The molecule has 0 aliphatic heterocycles. The molecule has 1 saturated carbocycles. The fourth-order valence-electron chi connectivity index (χ4n) is 3.18. The van der Waals surface area contributed by atoms with Crippen molar-refractivity contribution in [3.8, 4) is 11.3 Å². The molecule has 1 N–H and O–H groups in total. The Balaban J connectivity index is 1.54. The lowest BCUT2D eigenvalue weighted by Crippen LogP contribution is -2.13. The van der Waals surface area contributed by atoms with Gasteiger partial charge in [-0.2, -0.15) is 0 Å². The van der Waals surface area contributed by atoms with E-state index in [-0.39, 0.29) is 5.91 Å². The number of carbonyl (C=O) groups excluding carboxylic acids is 1. The molecule has 2 heterocycles. The van der Waals surface area contributed by atoms with Gasteiger partial charge in [-0.1, -0.05) is 59.4 Å². The van der Waals surface area contributed by atoms with Gasteiger partial charge in [0.15, 0.2) is 0 Å². The second kappa shape index (κ2) is 6.80. The number of pyridine rings is 1. The van der Waals surface area contributed by atoms with E-state index < -0.39 is 0 Å². The van der Waals surface area contributed by atoms with Crippen molar-refractivity contribution < 1.29 is 4.79 Å². The Kier molecular flexibility index (Phi) is 4.13. The van der Waals surface area contributed by atoms with Gasteiger partial charge in [0.05, 0.1) is 16.8 Å². The predicted molar refractivity (Wildman–Crippen MR) is 112 cm³/mol. The molecule has 5 nitrogen and oxygen atoms in total. The van der Waals surface area contributed by atoms with Crippen LogP contribution in [0.1, 0.15) is 39.7 Å².